The van der Waals surface area contributed by atoms with Crippen molar-refractivity contribution in [3.05, 3.63) is 75.3 Å². The fourth-order valence-corrected chi connectivity index (χ4v) is 3.73. The summed E-state index contributed by atoms with van der Waals surface area (Å²) in [6.45, 7) is 2.10. The smallest absolute Gasteiger partial charge is 0.266 e. The number of nitrogens with zero attached hydrogens (tertiary/aromatic N) is 5. The molecule has 0 amide bonds. The summed E-state index contributed by atoms with van der Waals surface area (Å²) in [6.07, 6.45) is 0.721. The van der Waals surface area contributed by atoms with Crippen molar-refractivity contribution in [1.82, 2.24) is 19.5 Å². The van der Waals surface area contributed by atoms with E-state index in [0.29, 0.717) is 35.3 Å². The van der Waals surface area contributed by atoms with E-state index in [4.69, 9.17) is 11.5 Å². The third-order valence-electron chi connectivity index (χ3n) is 5.22. The summed E-state index contributed by atoms with van der Waals surface area (Å²) in [5.74, 6) is -1.19. The lowest BCUT2D eigenvalue weighted by Crippen LogP contribution is -2.25. The van der Waals surface area contributed by atoms with E-state index in [1.807, 2.05) is 6.07 Å². The van der Waals surface area contributed by atoms with E-state index < -0.39 is 17.2 Å². The Hall–Kier alpha value is -4.59. The first-order chi connectivity index (χ1) is 16.3. The Morgan fingerprint density at radius 3 is 2.56 bits per heavy atom. The van der Waals surface area contributed by atoms with Gasteiger partial charge in [0.25, 0.3) is 5.56 Å². The van der Waals surface area contributed by atoms with Crippen LogP contribution in [-0.4, -0.2) is 26.1 Å². The van der Waals surface area contributed by atoms with Crippen LogP contribution in [0.5, 0.6) is 0 Å². The molecule has 172 valence electrons. The molecule has 0 saturated carbocycles. The van der Waals surface area contributed by atoms with Crippen LogP contribution >= 0.6 is 0 Å². The number of rotatable bonds is 6. The quantitative estimate of drug-likeness (QED) is 0.370. The Bertz CT molecular complexity index is 1490. The molecule has 0 saturated heterocycles. The van der Waals surface area contributed by atoms with Gasteiger partial charge in [-0.1, -0.05) is 12.1 Å². The fraction of sp³-hybridized carbons (Fsp3) is 0.174. The first-order valence-electron chi connectivity index (χ1n) is 10.3. The van der Waals surface area contributed by atoms with E-state index in [1.165, 1.54) is 4.57 Å². The van der Waals surface area contributed by atoms with E-state index in [0.717, 1.165) is 18.2 Å². The van der Waals surface area contributed by atoms with Crippen LogP contribution in [0, 0.1) is 29.9 Å². The van der Waals surface area contributed by atoms with Crippen LogP contribution in [0.25, 0.3) is 16.6 Å². The molecule has 0 unspecified atom stereocenters. The van der Waals surface area contributed by atoms with Gasteiger partial charge in [-0.25, -0.2) is 13.8 Å². The van der Waals surface area contributed by atoms with Gasteiger partial charge < -0.3 is 16.8 Å². The lowest BCUT2D eigenvalue weighted by Gasteiger charge is -2.15. The molecule has 0 fully saturated rings. The van der Waals surface area contributed by atoms with Crippen LogP contribution in [0.15, 0.2) is 41.2 Å². The number of fused-ring (bicyclic) bond motifs is 1. The van der Waals surface area contributed by atoms with E-state index in [9.17, 15) is 18.8 Å². The van der Waals surface area contributed by atoms with Gasteiger partial charge in [-0.2, -0.15) is 15.2 Å². The summed E-state index contributed by atoms with van der Waals surface area (Å²) in [7, 11) is 0. The summed E-state index contributed by atoms with van der Waals surface area (Å²) in [4.78, 5) is 25.8. The number of nitriles is 1. The topological polar surface area (TPSA) is 149 Å². The van der Waals surface area contributed by atoms with Gasteiger partial charge in [0.05, 0.1) is 16.6 Å². The lowest BCUT2D eigenvalue weighted by molar-refractivity contribution is 0.580. The molecule has 0 aliphatic carbocycles. The number of nitrogens with two attached hydrogens (primary N) is 2. The zero-order chi connectivity index (χ0) is 24.4. The number of aromatic nitrogens is 4. The average Bonchev–Trinajstić information content (AvgIpc) is 2.75. The standard InChI is InChI=1S/C23H20F2N8O/c1-12-4-2-5-17-19(12)22(34)33(15-9-13(24)8-14(25)10-15)18(30-17)6-3-7-29-21-16(11-26)20(27)31-23(28)32-21/h2,4-5,8-10H,3,6-7H2,1H3,(H5,27,28,29,31,32). The monoisotopic (exact) mass is 462 g/mol. The molecular formula is C23H20F2N8O. The fourth-order valence-electron chi connectivity index (χ4n) is 3.73. The van der Waals surface area contributed by atoms with E-state index in [2.05, 4.69) is 20.3 Å². The molecule has 2 heterocycles. The van der Waals surface area contributed by atoms with Crippen LogP contribution < -0.4 is 22.3 Å². The molecule has 0 aliphatic rings. The molecule has 0 spiro atoms. The summed E-state index contributed by atoms with van der Waals surface area (Å²) in [5.41, 5.74) is 12.2. The van der Waals surface area contributed by atoms with Crippen molar-refractivity contribution in [3.8, 4) is 11.8 Å². The molecule has 0 aliphatic heterocycles. The minimum atomic E-state index is -0.803. The van der Waals surface area contributed by atoms with E-state index >= 15 is 0 Å². The minimum Gasteiger partial charge on any atom is -0.382 e. The predicted molar refractivity (Wildman–Crippen MR) is 124 cm³/mol. The number of nitrogen functional groups attached to an aromatic ring is 2. The summed E-state index contributed by atoms with van der Waals surface area (Å²) >= 11 is 0. The SMILES string of the molecule is Cc1cccc2nc(CCCNc3nc(N)nc(N)c3C#N)n(-c3cc(F)cc(F)c3)c(=O)c12. The molecule has 2 aromatic carbocycles. The van der Waals surface area contributed by atoms with Gasteiger partial charge in [0, 0.05) is 19.0 Å². The van der Waals surface area contributed by atoms with Crippen molar-refractivity contribution in [1.29, 1.82) is 5.26 Å². The number of aryl methyl sites for hydroxylation is 2. The third kappa shape index (κ3) is 4.33. The highest BCUT2D eigenvalue weighted by Crippen LogP contribution is 2.20. The molecule has 2 aromatic heterocycles. The normalized spacial score (nSPS) is 10.9. The zero-order valence-electron chi connectivity index (χ0n) is 18.1. The zero-order valence-corrected chi connectivity index (χ0v) is 18.1. The third-order valence-corrected chi connectivity index (χ3v) is 5.22. The molecular weight excluding hydrogens is 442 g/mol. The van der Waals surface area contributed by atoms with Gasteiger partial charge in [0.2, 0.25) is 5.95 Å². The molecule has 11 heteroatoms. The maximum Gasteiger partial charge on any atom is 0.266 e. The van der Waals surface area contributed by atoms with E-state index in [1.54, 1.807) is 25.1 Å². The highest BCUT2D eigenvalue weighted by atomic mass is 19.1. The first kappa shape index (κ1) is 22.6. The second kappa shape index (κ2) is 9.11. The summed E-state index contributed by atoms with van der Waals surface area (Å²) < 4.78 is 29.1. The van der Waals surface area contributed by atoms with Gasteiger partial charge >= 0.3 is 0 Å². The van der Waals surface area contributed by atoms with Gasteiger partial charge in [-0.05, 0) is 37.1 Å². The molecule has 0 bridgehead atoms. The molecule has 0 radical (unpaired) electrons. The molecule has 5 N–H and O–H groups in total. The van der Waals surface area contributed by atoms with Crippen LogP contribution in [-0.2, 0) is 6.42 Å². The second-order valence-electron chi connectivity index (χ2n) is 7.60. The molecule has 4 aromatic rings. The highest BCUT2D eigenvalue weighted by Gasteiger charge is 2.16. The summed E-state index contributed by atoms with van der Waals surface area (Å²) in [5, 5.41) is 12.6. The number of halogens is 2. The number of nitrogens with one attached hydrogen (secondary N) is 1. The number of anilines is 3. The molecule has 34 heavy (non-hydrogen) atoms. The Kier molecular flexibility index (Phi) is 6.05. The highest BCUT2D eigenvalue weighted by molar-refractivity contribution is 5.81. The molecule has 4 rings (SSSR count). The molecule has 9 nitrogen and oxygen atoms in total. The van der Waals surface area contributed by atoms with Crippen LogP contribution in [0.3, 0.4) is 0 Å². The average molecular weight is 462 g/mol. The minimum absolute atomic E-state index is 0.0361. The summed E-state index contributed by atoms with van der Waals surface area (Å²) in [6, 6.07) is 10.1. The number of hydrogen-bond donors (Lipinski definition) is 3. The maximum atomic E-state index is 14.0. The Labute approximate surface area is 192 Å². The van der Waals surface area contributed by atoms with E-state index in [-0.39, 0.29) is 35.3 Å². The maximum absolute atomic E-state index is 14.0. The van der Waals surface area contributed by atoms with Crippen LogP contribution in [0.1, 0.15) is 23.4 Å². The molecule has 0 atom stereocenters. The Balaban J connectivity index is 1.69. The second-order valence-corrected chi connectivity index (χ2v) is 7.60. The lowest BCUT2D eigenvalue weighted by atomic mass is 10.1. The van der Waals surface area contributed by atoms with Gasteiger partial charge in [-0.3, -0.25) is 9.36 Å². The Morgan fingerprint density at radius 2 is 1.85 bits per heavy atom. The van der Waals surface area contributed by atoms with Crippen molar-refractivity contribution < 1.29 is 8.78 Å². The van der Waals surface area contributed by atoms with Gasteiger partial charge in [0.15, 0.2) is 5.82 Å². The van der Waals surface area contributed by atoms with Crippen molar-refractivity contribution >= 4 is 28.5 Å². The first-order valence-corrected chi connectivity index (χ1v) is 10.3. The van der Waals surface area contributed by atoms with Crippen LogP contribution in [0.2, 0.25) is 0 Å². The number of benzene rings is 2. The van der Waals surface area contributed by atoms with Crippen molar-refractivity contribution in [2.45, 2.75) is 19.8 Å². The van der Waals surface area contributed by atoms with Gasteiger partial charge in [0.1, 0.15) is 34.9 Å². The van der Waals surface area contributed by atoms with Crippen molar-refractivity contribution in [2.24, 2.45) is 0 Å². The van der Waals surface area contributed by atoms with Gasteiger partial charge in [-0.15, -0.1) is 0 Å². The largest absolute Gasteiger partial charge is 0.382 e. The number of hydrogen-bond acceptors (Lipinski definition) is 8. The Morgan fingerprint density at radius 1 is 1.12 bits per heavy atom. The van der Waals surface area contributed by atoms with Crippen LogP contribution in [0.4, 0.5) is 26.4 Å². The predicted octanol–water partition coefficient (Wildman–Crippen LogP) is 2.84. The van der Waals surface area contributed by atoms with Crippen molar-refractivity contribution in [2.75, 3.05) is 23.3 Å². The van der Waals surface area contributed by atoms with Crippen molar-refractivity contribution in [3.63, 3.8) is 0 Å².